The van der Waals surface area contributed by atoms with Gasteiger partial charge < -0.3 is 5.32 Å². The SMILES string of the molecule is CC(=NNC(=O)NC(C)C)c1ccccc1C(F)(F)F. The van der Waals surface area contributed by atoms with Crippen molar-refractivity contribution in [3.05, 3.63) is 35.4 Å². The molecule has 110 valence electrons. The Hall–Kier alpha value is -2.05. The van der Waals surface area contributed by atoms with Crippen molar-refractivity contribution in [3.8, 4) is 0 Å². The molecule has 0 radical (unpaired) electrons. The second-order valence-corrected chi connectivity index (χ2v) is 4.48. The van der Waals surface area contributed by atoms with Crippen LogP contribution in [0.3, 0.4) is 0 Å². The molecule has 0 fully saturated rings. The minimum Gasteiger partial charge on any atom is -0.335 e. The third-order valence-corrected chi connectivity index (χ3v) is 2.37. The predicted molar refractivity (Wildman–Crippen MR) is 70.5 cm³/mol. The second kappa shape index (κ2) is 6.40. The Kier molecular flexibility index (Phi) is 5.12. The Bertz CT molecular complexity index is 510. The van der Waals surface area contributed by atoms with Crippen LogP contribution in [0.15, 0.2) is 29.4 Å². The van der Waals surface area contributed by atoms with Gasteiger partial charge in [0, 0.05) is 11.6 Å². The fourth-order valence-corrected chi connectivity index (χ4v) is 1.54. The minimum atomic E-state index is -4.46. The molecular weight excluding hydrogens is 271 g/mol. The van der Waals surface area contributed by atoms with Crippen LogP contribution < -0.4 is 10.7 Å². The van der Waals surface area contributed by atoms with Gasteiger partial charge in [0.25, 0.3) is 0 Å². The highest BCUT2D eigenvalue weighted by molar-refractivity contribution is 6.00. The molecule has 0 atom stereocenters. The van der Waals surface area contributed by atoms with Gasteiger partial charge in [0.05, 0.1) is 11.3 Å². The van der Waals surface area contributed by atoms with Crippen molar-refractivity contribution in [1.29, 1.82) is 0 Å². The molecule has 1 aromatic rings. The van der Waals surface area contributed by atoms with E-state index in [1.807, 2.05) is 0 Å². The summed E-state index contributed by atoms with van der Waals surface area (Å²) >= 11 is 0. The van der Waals surface area contributed by atoms with Crippen molar-refractivity contribution in [2.24, 2.45) is 5.10 Å². The van der Waals surface area contributed by atoms with Gasteiger partial charge in [0.1, 0.15) is 0 Å². The van der Waals surface area contributed by atoms with Gasteiger partial charge >= 0.3 is 12.2 Å². The molecule has 0 heterocycles. The normalized spacial score (nSPS) is 12.4. The maximum absolute atomic E-state index is 12.8. The van der Waals surface area contributed by atoms with Gasteiger partial charge in [-0.25, -0.2) is 10.2 Å². The summed E-state index contributed by atoms with van der Waals surface area (Å²) in [5.41, 5.74) is 1.39. The number of halogens is 3. The van der Waals surface area contributed by atoms with E-state index >= 15 is 0 Å². The first-order valence-corrected chi connectivity index (χ1v) is 5.99. The van der Waals surface area contributed by atoms with Crippen LogP contribution in [0.25, 0.3) is 0 Å². The summed E-state index contributed by atoms with van der Waals surface area (Å²) in [4.78, 5) is 11.3. The summed E-state index contributed by atoms with van der Waals surface area (Å²) in [6, 6.07) is 4.42. The molecule has 0 aliphatic carbocycles. The molecule has 20 heavy (non-hydrogen) atoms. The number of benzene rings is 1. The summed E-state index contributed by atoms with van der Waals surface area (Å²) in [5, 5.41) is 6.19. The molecule has 0 aliphatic heterocycles. The minimum absolute atomic E-state index is 0.0650. The first kappa shape index (κ1) is 16.0. The maximum Gasteiger partial charge on any atom is 0.417 e. The molecule has 2 amide bonds. The van der Waals surface area contributed by atoms with Crippen LogP contribution in [0.2, 0.25) is 0 Å². The first-order chi connectivity index (χ1) is 9.21. The number of amides is 2. The van der Waals surface area contributed by atoms with Crippen LogP contribution >= 0.6 is 0 Å². The number of alkyl halides is 3. The monoisotopic (exact) mass is 287 g/mol. The smallest absolute Gasteiger partial charge is 0.335 e. The third kappa shape index (κ3) is 4.56. The Balaban J connectivity index is 2.93. The molecule has 0 spiro atoms. The van der Waals surface area contributed by atoms with E-state index in [2.05, 4.69) is 15.8 Å². The lowest BCUT2D eigenvalue weighted by Crippen LogP contribution is -2.37. The Labute approximate surface area is 115 Å². The molecule has 7 heteroatoms. The van der Waals surface area contributed by atoms with Crippen molar-refractivity contribution in [3.63, 3.8) is 0 Å². The number of rotatable bonds is 3. The molecule has 1 aromatic carbocycles. The average molecular weight is 287 g/mol. The lowest BCUT2D eigenvalue weighted by molar-refractivity contribution is -0.137. The van der Waals surface area contributed by atoms with Crippen LogP contribution in [0.1, 0.15) is 31.9 Å². The highest BCUT2D eigenvalue weighted by Gasteiger charge is 2.33. The lowest BCUT2D eigenvalue weighted by Gasteiger charge is -2.12. The van der Waals surface area contributed by atoms with E-state index in [0.29, 0.717) is 0 Å². The summed E-state index contributed by atoms with van der Waals surface area (Å²) < 4.78 is 38.5. The Morgan fingerprint density at radius 2 is 1.85 bits per heavy atom. The number of urea groups is 1. The summed E-state index contributed by atoms with van der Waals surface area (Å²) in [5.74, 6) is 0. The van der Waals surface area contributed by atoms with Gasteiger partial charge in [-0.05, 0) is 26.8 Å². The summed E-state index contributed by atoms with van der Waals surface area (Å²) in [6.07, 6.45) is -4.46. The van der Waals surface area contributed by atoms with Crippen molar-refractivity contribution < 1.29 is 18.0 Å². The van der Waals surface area contributed by atoms with Crippen molar-refractivity contribution in [2.45, 2.75) is 33.0 Å². The van der Waals surface area contributed by atoms with Crippen LogP contribution in [-0.2, 0) is 6.18 Å². The van der Waals surface area contributed by atoms with E-state index in [4.69, 9.17) is 0 Å². The third-order valence-electron chi connectivity index (χ3n) is 2.37. The van der Waals surface area contributed by atoms with E-state index in [1.165, 1.54) is 25.1 Å². The summed E-state index contributed by atoms with van der Waals surface area (Å²) in [7, 11) is 0. The second-order valence-electron chi connectivity index (χ2n) is 4.48. The first-order valence-electron chi connectivity index (χ1n) is 5.99. The molecule has 4 nitrogen and oxygen atoms in total. The van der Waals surface area contributed by atoms with Crippen LogP contribution in [0, 0.1) is 0 Å². The fraction of sp³-hybridized carbons (Fsp3) is 0.385. The Morgan fingerprint density at radius 1 is 1.25 bits per heavy atom. The molecule has 1 rings (SSSR count). The highest BCUT2D eigenvalue weighted by Crippen LogP contribution is 2.31. The number of hydrogen-bond donors (Lipinski definition) is 2. The molecule has 0 bridgehead atoms. The maximum atomic E-state index is 12.8. The molecule has 0 aromatic heterocycles. The van der Waals surface area contributed by atoms with E-state index in [9.17, 15) is 18.0 Å². The number of carbonyl (C=O) groups excluding carboxylic acids is 1. The van der Waals surface area contributed by atoms with Gasteiger partial charge in [-0.15, -0.1) is 0 Å². The van der Waals surface area contributed by atoms with Crippen LogP contribution in [0.5, 0.6) is 0 Å². The molecule has 0 saturated carbocycles. The standard InChI is InChI=1S/C13H16F3N3O/c1-8(2)17-12(20)19-18-9(3)10-6-4-5-7-11(10)13(14,15)16/h4-8H,1-3H3,(H2,17,19,20). The number of hydrogen-bond acceptors (Lipinski definition) is 2. The molecule has 0 aliphatic rings. The largest absolute Gasteiger partial charge is 0.417 e. The molecule has 0 unspecified atom stereocenters. The quantitative estimate of drug-likeness (QED) is 0.651. The van der Waals surface area contributed by atoms with Crippen molar-refractivity contribution >= 4 is 11.7 Å². The number of hydrazone groups is 1. The molecule has 0 saturated heterocycles. The van der Waals surface area contributed by atoms with E-state index in [0.717, 1.165) is 6.07 Å². The van der Waals surface area contributed by atoms with Crippen molar-refractivity contribution in [1.82, 2.24) is 10.7 Å². The average Bonchev–Trinajstić information content (AvgIpc) is 2.34. The van der Waals surface area contributed by atoms with Crippen LogP contribution in [-0.4, -0.2) is 17.8 Å². The Morgan fingerprint density at radius 3 is 2.40 bits per heavy atom. The highest BCUT2D eigenvalue weighted by atomic mass is 19.4. The van der Waals surface area contributed by atoms with E-state index in [1.54, 1.807) is 13.8 Å². The van der Waals surface area contributed by atoms with Gasteiger partial charge in [-0.1, -0.05) is 18.2 Å². The van der Waals surface area contributed by atoms with Gasteiger partial charge in [-0.2, -0.15) is 18.3 Å². The number of nitrogens with zero attached hydrogens (tertiary/aromatic N) is 1. The van der Waals surface area contributed by atoms with Gasteiger partial charge in [-0.3, -0.25) is 0 Å². The number of carbonyl (C=O) groups is 1. The zero-order valence-corrected chi connectivity index (χ0v) is 11.4. The zero-order chi connectivity index (χ0) is 15.3. The predicted octanol–water partition coefficient (Wildman–Crippen LogP) is 3.14. The van der Waals surface area contributed by atoms with Crippen molar-refractivity contribution in [2.75, 3.05) is 0 Å². The molecular formula is C13H16F3N3O. The molecule has 2 N–H and O–H groups in total. The van der Waals surface area contributed by atoms with Crippen LogP contribution in [0.4, 0.5) is 18.0 Å². The van der Waals surface area contributed by atoms with E-state index < -0.39 is 17.8 Å². The zero-order valence-electron chi connectivity index (χ0n) is 11.4. The van der Waals surface area contributed by atoms with Gasteiger partial charge in [0.15, 0.2) is 0 Å². The fourth-order valence-electron chi connectivity index (χ4n) is 1.54. The lowest BCUT2D eigenvalue weighted by atomic mass is 10.0. The topological polar surface area (TPSA) is 53.5 Å². The number of nitrogens with one attached hydrogen (secondary N) is 2. The van der Waals surface area contributed by atoms with Gasteiger partial charge in [0.2, 0.25) is 0 Å². The van der Waals surface area contributed by atoms with E-state index in [-0.39, 0.29) is 17.3 Å². The summed E-state index contributed by atoms with van der Waals surface area (Å²) in [6.45, 7) is 4.92.